The molecule has 0 aliphatic rings. The maximum Gasteiger partial charge on any atom is 0.198 e. The van der Waals surface area contributed by atoms with Crippen LogP contribution in [0.1, 0.15) is 17.3 Å². The minimum Gasteiger partial charge on any atom is -0.295 e. The van der Waals surface area contributed by atoms with Crippen molar-refractivity contribution in [2.45, 2.75) is 6.92 Å². The van der Waals surface area contributed by atoms with Crippen molar-refractivity contribution in [1.29, 1.82) is 0 Å². The summed E-state index contributed by atoms with van der Waals surface area (Å²) in [4.78, 5) is 10.6. The molecule has 0 aliphatic carbocycles. The molecular weight excluding hydrogens is 190 g/mol. The lowest BCUT2D eigenvalue weighted by Gasteiger charge is -1.89. The van der Waals surface area contributed by atoms with E-state index in [0.29, 0.717) is 0 Å². The van der Waals surface area contributed by atoms with Crippen molar-refractivity contribution < 1.29 is 13.2 Å². The van der Waals surface area contributed by atoms with Gasteiger partial charge in [-0.3, -0.25) is 4.79 Å². The highest BCUT2D eigenvalue weighted by atomic mass is 32.2. The van der Waals surface area contributed by atoms with Gasteiger partial charge < -0.3 is 0 Å². The van der Waals surface area contributed by atoms with E-state index < -0.39 is 10.9 Å². The van der Waals surface area contributed by atoms with E-state index in [1.54, 1.807) is 6.92 Å². The number of carbonyl (C=O) groups is 1. The highest BCUT2D eigenvalue weighted by molar-refractivity contribution is 7.69. The number of ketones is 1. The predicted octanol–water partition coefficient (Wildman–Crippen LogP) is 0.361. The molecule has 1 aromatic carbocycles. The summed E-state index contributed by atoms with van der Waals surface area (Å²) in [5, 5.41) is 4.06. The van der Waals surface area contributed by atoms with E-state index in [1.807, 2.05) is 30.3 Å². The summed E-state index contributed by atoms with van der Waals surface area (Å²) in [6, 6.07) is 9.23. The smallest absolute Gasteiger partial charge is 0.198 e. The van der Waals surface area contributed by atoms with E-state index in [4.69, 9.17) is 8.42 Å². The van der Waals surface area contributed by atoms with Gasteiger partial charge in [0.1, 0.15) is 0 Å². The average molecular weight is 201 g/mol. The van der Waals surface area contributed by atoms with E-state index in [0.717, 1.165) is 5.56 Å². The van der Waals surface area contributed by atoms with Crippen molar-refractivity contribution in [3.63, 3.8) is 0 Å². The van der Waals surface area contributed by atoms with Crippen LogP contribution in [-0.4, -0.2) is 14.2 Å². The van der Waals surface area contributed by atoms with Crippen molar-refractivity contribution in [2.24, 2.45) is 5.14 Å². The first-order valence-electron chi connectivity index (χ1n) is 3.49. The van der Waals surface area contributed by atoms with E-state index in [9.17, 15) is 4.79 Å². The van der Waals surface area contributed by atoms with Gasteiger partial charge in [0.15, 0.2) is 16.7 Å². The summed E-state index contributed by atoms with van der Waals surface area (Å²) in [5.74, 6) is 0.121. The van der Waals surface area contributed by atoms with Crippen LogP contribution in [0.3, 0.4) is 0 Å². The molecule has 1 aromatic rings. The number of hydrogen-bond donors (Lipinski definition) is 2. The van der Waals surface area contributed by atoms with Crippen molar-refractivity contribution in [1.82, 2.24) is 0 Å². The minimum atomic E-state index is -2.62. The molecule has 5 heteroatoms. The van der Waals surface area contributed by atoms with Crippen LogP contribution in [0.25, 0.3) is 0 Å². The number of Topliss-reactive ketones (excluding diaryl/α,β-unsaturated/α-hetero) is 1. The number of rotatable bonds is 1. The molecule has 0 bridgehead atoms. The Labute approximate surface area is 78.5 Å². The molecule has 0 amide bonds. The molecular formula is C8H11NO3S. The van der Waals surface area contributed by atoms with Gasteiger partial charge in [0.05, 0.1) is 0 Å². The lowest BCUT2D eigenvalue weighted by molar-refractivity contribution is 0.101. The summed E-state index contributed by atoms with van der Waals surface area (Å²) in [7, 11) is -2.62. The molecule has 72 valence electrons. The standard InChI is InChI=1S/C8H8O.H3NO2S/c1-7(9)8-5-3-2-4-6-8;1-4(2)3/h2-6H,1H3;4H,(H2,1,2,3). The number of hydrogen-bond acceptors (Lipinski definition) is 3. The molecule has 0 heterocycles. The predicted molar refractivity (Wildman–Crippen MR) is 50.9 cm³/mol. The second kappa shape index (κ2) is 6.33. The van der Waals surface area contributed by atoms with Gasteiger partial charge in [-0.2, -0.15) is 0 Å². The van der Waals surface area contributed by atoms with Crippen LogP contribution < -0.4 is 5.14 Å². The van der Waals surface area contributed by atoms with E-state index >= 15 is 0 Å². The van der Waals surface area contributed by atoms with Gasteiger partial charge in [-0.15, -0.1) is 0 Å². The maximum atomic E-state index is 10.6. The Morgan fingerprint density at radius 1 is 1.23 bits per heavy atom. The Bertz CT molecular complexity index is 325. The first kappa shape index (κ1) is 11.8. The van der Waals surface area contributed by atoms with Crippen LogP contribution in [-0.2, 0) is 10.9 Å². The Morgan fingerprint density at radius 3 is 1.85 bits per heavy atom. The lowest BCUT2D eigenvalue weighted by atomic mass is 10.2. The second-order valence-electron chi connectivity index (χ2n) is 2.21. The fourth-order valence-electron chi connectivity index (χ4n) is 0.673. The lowest BCUT2D eigenvalue weighted by Crippen LogP contribution is -1.88. The average Bonchev–Trinajstić information content (AvgIpc) is 2.05. The number of thiol groups is 1. The zero-order chi connectivity index (χ0) is 10.3. The molecule has 0 aliphatic heterocycles. The Kier molecular flexibility index (Phi) is 5.75. The Balaban J connectivity index is 0.000000310. The zero-order valence-corrected chi connectivity index (χ0v) is 8.03. The Morgan fingerprint density at radius 2 is 1.62 bits per heavy atom. The molecule has 13 heavy (non-hydrogen) atoms. The molecule has 0 spiro atoms. The molecule has 0 saturated heterocycles. The normalized spacial score (nSPS) is 8.85. The van der Waals surface area contributed by atoms with Crippen LogP contribution in [0.2, 0.25) is 0 Å². The van der Waals surface area contributed by atoms with Crippen molar-refractivity contribution >= 4 is 16.7 Å². The van der Waals surface area contributed by atoms with Gasteiger partial charge in [-0.1, -0.05) is 30.3 Å². The SMILES string of the molecule is CC(=O)c1ccccc1.N[SH](=O)=O. The van der Waals surface area contributed by atoms with E-state index in [-0.39, 0.29) is 5.78 Å². The molecule has 0 atom stereocenters. The fourth-order valence-corrected chi connectivity index (χ4v) is 0.673. The fraction of sp³-hybridized carbons (Fsp3) is 0.125. The van der Waals surface area contributed by atoms with Crippen LogP contribution in [0.5, 0.6) is 0 Å². The topological polar surface area (TPSA) is 77.2 Å². The van der Waals surface area contributed by atoms with Crippen LogP contribution in [0.15, 0.2) is 30.3 Å². The van der Waals surface area contributed by atoms with Crippen molar-refractivity contribution in [2.75, 3.05) is 0 Å². The van der Waals surface area contributed by atoms with Gasteiger partial charge in [-0.25, -0.2) is 13.6 Å². The van der Waals surface area contributed by atoms with Crippen LogP contribution >= 0.6 is 0 Å². The molecule has 0 unspecified atom stereocenters. The van der Waals surface area contributed by atoms with Gasteiger partial charge in [-0.05, 0) is 6.92 Å². The summed E-state index contributed by atoms with van der Waals surface area (Å²) in [5.41, 5.74) is 0.775. The summed E-state index contributed by atoms with van der Waals surface area (Å²) >= 11 is 0. The molecule has 4 nitrogen and oxygen atoms in total. The molecule has 2 N–H and O–H groups in total. The summed E-state index contributed by atoms with van der Waals surface area (Å²) in [6.07, 6.45) is 0. The monoisotopic (exact) mass is 201 g/mol. The summed E-state index contributed by atoms with van der Waals surface area (Å²) < 4.78 is 17.6. The zero-order valence-electron chi connectivity index (χ0n) is 7.14. The van der Waals surface area contributed by atoms with Crippen molar-refractivity contribution in [3.8, 4) is 0 Å². The molecule has 0 fully saturated rings. The quantitative estimate of drug-likeness (QED) is 0.508. The second-order valence-corrected chi connectivity index (χ2v) is 2.78. The molecule has 0 radical (unpaired) electrons. The number of carbonyl (C=O) groups excluding carboxylic acids is 1. The minimum absolute atomic E-state index is 0.121. The first-order chi connectivity index (χ1) is 6.04. The van der Waals surface area contributed by atoms with Crippen LogP contribution in [0.4, 0.5) is 0 Å². The molecule has 0 saturated carbocycles. The number of benzene rings is 1. The molecule has 1 rings (SSSR count). The Hall–Kier alpha value is -1.20. The molecule has 0 aromatic heterocycles. The van der Waals surface area contributed by atoms with E-state index in [2.05, 4.69) is 5.14 Å². The van der Waals surface area contributed by atoms with Crippen molar-refractivity contribution in [3.05, 3.63) is 35.9 Å². The summed E-state index contributed by atoms with van der Waals surface area (Å²) in [6.45, 7) is 1.56. The van der Waals surface area contributed by atoms with Crippen LogP contribution in [0, 0.1) is 0 Å². The number of nitrogens with two attached hydrogens (primary N) is 1. The highest BCUT2D eigenvalue weighted by Crippen LogP contribution is 1.97. The van der Waals surface area contributed by atoms with Gasteiger partial charge in [0.25, 0.3) is 0 Å². The third-order valence-electron chi connectivity index (χ3n) is 1.18. The van der Waals surface area contributed by atoms with Gasteiger partial charge >= 0.3 is 0 Å². The third-order valence-corrected chi connectivity index (χ3v) is 1.18. The first-order valence-corrected chi connectivity index (χ1v) is 4.73. The van der Waals surface area contributed by atoms with E-state index in [1.165, 1.54) is 0 Å². The largest absolute Gasteiger partial charge is 0.295 e. The highest BCUT2D eigenvalue weighted by Gasteiger charge is 1.92. The maximum absolute atomic E-state index is 10.6. The van der Waals surface area contributed by atoms with Gasteiger partial charge in [0, 0.05) is 5.56 Å². The van der Waals surface area contributed by atoms with Gasteiger partial charge in [0.2, 0.25) is 0 Å². The third kappa shape index (κ3) is 7.17.